The Morgan fingerprint density at radius 3 is 2.76 bits per heavy atom. The number of H-pyrrole nitrogens is 1. The van der Waals surface area contributed by atoms with Crippen LogP contribution in [-0.2, 0) is 30.7 Å². The zero-order valence-corrected chi connectivity index (χ0v) is 15.1. The lowest BCUT2D eigenvalue weighted by molar-refractivity contribution is -0.0383. The predicted molar refractivity (Wildman–Crippen MR) is 99.4 cm³/mol. The molecule has 1 N–H and O–H groups in total. The maximum Gasteiger partial charge on any atom is 0.328 e. The summed E-state index contributed by atoms with van der Waals surface area (Å²) >= 11 is 1.49. The highest BCUT2D eigenvalue weighted by atomic mass is 32.1. The standard InChI is InChI=1S/C19H20N2O3S/c1-19(2)10-14-13(11-24-19)15-16(25-14)17(22)21(18(23)20-15)9-8-12-6-4-3-5-7-12/h3-7H,8-11H2,1-2H3,(H,20,23). The first-order valence-corrected chi connectivity index (χ1v) is 9.21. The largest absolute Gasteiger partial charge is 0.370 e. The smallest absolute Gasteiger partial charge is 0.328 e. The second-order valence-corrected chi connectivity index (χ2v) is 8.16. The van der Waals surface area contributed by atoms with E-state index in [1.54, 1.807) is 0 Å². The van der Waals surface area contributed by atoms with Crippen molar-refractivity contribution in [2.75, 3.05) is 0 Å². The molecule has 130 valence electrons. The second kappa shape index (κ2) is 5.97. The van der Waals surface area contributed by atoms with Gasteiger partial charge >= 0.3 is 5.69 Å². The Hall–Kier alpha value is -2.18. The van der Waals surface area contributed by atoms with Crippen LogP contribution in [0.25, 0.3) is 10.2 Å². The summed E-state index contributed by atoms with van der Waals surface area (Å²) in [5.74, 6) is 0. The summed E-state index contributed by atoms with van der Waals surface area (Å²) in [7, 11) is 0. The van der Waals surface area contributed by atoms with Gasteiger partial charge in [-0.1, -0.05) is 30.3 Å². The molecule has 25 heavy (non-hydrogen) atoms. The third kappa shape index (κ3) is 2.96. The molecule has 0 amide bonds. The number of hydrogen-bond donors (Lipinski definition) is 1. The van der Waals surface area contributed by atoms with Crippen LogP contribution in [0.1, 0.15) is 29.9 Å². The van der Waals surface area contributed by atoms with Gasteiger partial charge in [0.25, 0.3) is 5.56 Å². The van der Waals surface area contributed by atoms with Crippen LogP contribution in [0.5, 0.6) is 0 Å². The lowest BCUT2D eigenvalue weighted by Crippen LogP contribution is -2.35. The van der Waals surface area contributed by atoms with Crippen LogP contribution < -0.4 is 11.2 Å². The van der Waals surface area contributed by atoms with Gasteiger partial charge in [0.2, 0.25) is 0 Å². The van der Waals surface area contributed by atoms with Crippen LogP contribution in [0.3, 0.4) is 0 Å². The molecule has 6 heteroatoms. The summed E-state index contributed by atoms with van der Waals surface area (Å²) < 4.78 is 7.78. The third-order valence-corrected chi connectivity index (χ3v) is 5.89. The van der Waals surface area contributed by atoms with Gasteiger partial charge in [-0.3, -0.25) is 9.36 Å². The fraction of sp³-hybridized carbons (Fsp3) is 0.368. The molecular formula is C19H20N2O3S. The van der Waals surface area contributed by atoms with Crippen molar-refractivity contribution >= 4 is 21.6 Å². The number of rotatable bonds is 3. The third-order valence-electron chi connectivity index (χ3n) is 4.67. The zero-order chi connectivity index (χ0) is 17.6. The molecule has 3 aromatic rings. The molecule has 0 atom stereocenters. The lowest BCUT2D eigenvalue weighted by atomic mass is 9.98. The number of aromatic amines is 1. The van der Waals surface area contributed by atoms with E-state index >= 15 is 0 Å². The number of fused-ring (bicyclic) bond motifs is 3. The molecule has 0 unspecified atom stereocenters. The molecule has 1 aliphatic heterocycles. The van der Waals surface area contributed by atoms with Crippen LogP contribution in [0.4, 0.5) is 0 Å². The normalized spacial score (nSPS) is 16.1. The van der Waals surface area contributed by atoms with E-state index in [0.29, 0.717) is 29.8 Å². The van der Waals surface area contributed by atoms with Crippen LogP contribution in [0, 0.1) is 0 Å². The average Bonchev–Trinajstić information content (AvgIpc) is 2.92. The van der Waals surface area contributed by atoms with Gasteiger partial charge in [0, 0.05) is 23.4 Å². The van der Waals surface area contributed by atoms with E-state index in [4.69, 9.17) is 4.74 Å². The number of hydrogen-bond acceptors (Lipinski definition) is 4. The molecule has 0 fully saturated rings. The monoisotopic (exact) mass is 356 g/mol. The first-order chi connectivity index (χ1) is 11.9. The summed E-state index contributed by atoms with van der Waals surface area (Å²) in [5, 5.41) is 0. The van der Waals surface area contributed by atoms with E-state index in [2.05, 4.69) is 4.98 Å². The van der Waals surface area contributed by atoms with Crippen LogP contribution in [-0.4, -0.2) is 15.2 Å². The first kappa shape index (κ1) is 16.3. The van der Waals surface area contributed by atoms with Gasteiger partial charge in [-0.05, 0) is 25.8 Å². The van der Waals surface area contributed by atoms with Gasteiger partial charge in [0.05, 0.1) is 17.7 Å². The van der Waals surface area contributed by atoms with Crippen molar-refractivity contribution in [2.45, 2.75) is 45.4 Å². The molecule has 4 rings (SSSR count). The summed E-state index contributed by atoms with van der Waals surface area (Å²) in [6.07, 6.45) is 1.41. The first-order valence-electron chi connectivity index (χ1n) is 8.40. The second-order valence-electron chi connectivity index (χ2n) is 7.06. The van der Waals surface area contributed by atoms with Crippen molar-refractivity contribution in [1.82, 2.24) is 9.55 Å². The van der Waals surface area contributed by atoms with E-state index in [1.807, 2.05) is 44.2 Å². The van der Waals surface area contributed by atoms with E-state index in [9.17, 15) is 9.59 Å². The molecule has 5 nitrogen and oxygen atoms in total. The molecule has 0 radical (unpaired) electrons. The summed E-state index contributed by atoms with van der Waals surface area (Å²) in [6, 6.07) is 9.87. The molecule has 3 heterocycles. The molecule has 1 aromatic carbocycles. The van der Waals surface area contributed by atoms with E-state index < -0.39 is 0 Å². The maximum absolute atomic E-state index is 12.9. The van der Waals surface area contributed by atoms with Crippen molar-refractivity contribution in [3.8, 4) is 0 Å². The molecule has 0 saturated carbocycles. The zero-order valence-electron chi connectivity index (χ0n) is 14.3. The number of aromatic nitrogens is 2. The average molecular weight is 356 g/mol. The van der Waals surface area contributed by atoms with Crippen molar-refractivity contribution in [1.29, 1.82) is 0 Å². The topological polar surface area (TPSA) is 64.1 Å². The molecule has 0 bridgehead atoms. The van der Waals surface area contributed by atoms with Gasteiger partial charge in [-0.25, -0.2) is 4.79 Å². The molecular weight excluding hydrogens is 336 g/mol. The van der Waals surface area contributed by atoms with Crippen LogP contribution >= 0.6 is 11.3 Å². The van der Waals surface area contributed by atoms with E-state index in [1.165, 1.54) is 15.9 Å². The number of benzene rings is 1. The van der Waals surface area contributed by atoms with Gasteiger partial charge in [0.15, 0.2) is 0 Å². The molecule has 0 saturated heterocycles. The minimum Gasteiger partial charge on any atom is -0.370 e. The van der Waals surface area contributed by atoms with Crippen molar-refractivity contribution in [3.05, 3.63) is 67.2 Å². The van der Waals surface area contributed by atoms with Gasteiger partial charge in [-0.2, -0.15) is 0 Å². The Labute approximate surface area is 148 Å². The Morgan fingerprint density at radius 2 is 2.00 bits per heavy atom. The van der Waals surface area contributed by atoms with Crippen LogP contribution in [0.15, 0.2) is 39.9 Å². The van der Waals surface area contributed by atoms with E-state index in [0.717, 1.165) is 22.4 Å². The summed E-state index contributed by atoms with van der Waals surface area (Å²) in [4.78, 5) is 29.4. The number of nitrogens with zero attached hydrogens (tertiary/aromatic N) is 1. The maximum atomic E-state index is 12.9. The SMILES string of the molecule is CC1(C)Cc2sc3c(=O)n(CCc4ccccc4)c(=O)[nH]c3c2CO1. The highest BCUT2D eigenvalue weighted by molar-refractivity contribution is 7.19. The number of aryl methyl sites for hydroxylation is 1. The summed E-state index contributed by atoms with van der Waals surface area (Å²) in [6.45, 7) is 4.90. The van der Waals surface area contributed by atoms with Crippen LogP contribution in [0.2, 0.25) is 0 Å². The van der Waals surface area contributed by atoms with Gasteiger partial charge in [0.1, 0.15) is 4.70 Å². The Bertz CT molecular complexity index is 1040. The van der Waals surface area contributed by atoms with Crippen molar-refractivity contribution in [2.24, 2.45) is 0 Å². The highest BCUT2D eigenvalue weighted by Gasteiger charge is 2.30. The Morgan fingerprint density at radius 1 is 1.24 bits per heavy atom. The molecule has 0 spiro atoms. The number of thiophene rings is 1. The Balaban J connectivity index is 1.75. The number of nitrogens with one attached hydrogen (secondary N) is 1. The minimum absolute atomic E-state index is 0.202. The van der Waals surface area contributed by atoms with E-state index in [-0.39, 0.29) is 16.9 Å². The van der Waals surface area contributed by atoms with Gasteiger partial charge < -0.3 is 9.72 Å². The Kier molecular flexibility index (Phi) is 3.89. The quantitative estimate of drug-likeness (QED) is 0.785. The van der Waals surface area contributed by atoms with Crippen molar-refractivity contribution < 1.29 is 4.74 Å². The summed E-state index contributed by atoms with van der Waals surface area (Å²) in [5.41, 5.74) is 1.94. The minimum atomic E-state index is -0.348. The van der Waals surface area contributed by atoms with Crippen molar-refractivity contribution in [3.63, 3.8) is 0 Å². The fourth-order valence-electron chi connectivity index (χ4n) is 3.27. The van der Waals surface area contributed by atoms with Gasteiger partial charge in [-0.15, -0.1) is 11.3 Å². The molecule has 1 aliphatic rings. The number of ether oxygens (including phenoxy) is 1. The highest BCUT2D eigenvalue weighted by Crippen LogP contribution is 2.36. The predicted octanol–water partition coefficient (Wildman–Crippen LogP) is 2.85. The lowest BCUT2D eigenvalue weighted by Gasteiger charge is -2.29. The molecule has 0 aliphatic carbocycles. The fourth-order valence-corrected chi connectivity index (χ4v) is 4.70. The molecule has 2 aromatic heterocycles.